The number of nitrogens with one attached hydrogen (secondary N) is 1. The number of amides is 1. The summed E-state index contributed by atoms with van der Waals surface area (Å²) in [5, 5.41) is 3.28. The lowest BCUT2D eigenvalue weighted by molar-refractivity contribution is -0.136. The number of hydrogen-bond donors (Lipinski definition) is 1. The molecule has 1 aliphatic heterocycles. The number of aryl methyl sites for hydroxylation is 1. The number of nitrogens with zero attached hydrogens (tertiary/aromatic N) is 5. The van der Waals surface area contributed by atoms with Crippen LogP contribution in [-0.2, 0) is 6.18 Å². The largest absolute Gasteiger partial charge is 0.420 e. The minimum atomic E-state index is -4.65. The van der Waals surface area contributed by atoms with E-state index in [1.165, 1.54) is 27.9 Å². The summed E-state index contributed by atoms with van der Waals surface area (Å²) in [6.45, 7) is 4.93. The van der Waals surface area contributed by atoms with Gasteiger partial charge in [-0.3, -0.25) is 9.69 Å². The maximum Gasteiger partial charge on any atom is 0.420 e. The van der Waals surface area contributed by atoms with E-state index in [2.05, 4.69) is 20.2 Å². The third-order valence-corrected chi connectivity index (χ3v) is 5.87. The fourth-order valence-corrected chi connectivity index (χ4v) is 4.22. The SMILES string of the molecule is Cc1cn2cc(N(C(=O)c3ccc(N4CCNCC4)nc3)c3ccccc3)cc(C(F)(F)F)c2n1. The van der Waals surface area contributed by atoms with Crippen LogP contribution in [0.15, 0.2) is 67.1 Å². The molecule has 5 rings (SSSR count). The van der Waals surface area contributed by atoms with E-state index in [4.69, 9.17) is 0 Å². The highest BCUT2D eigenvalue weighted by molar-refractivity contribution is 6.10. The number of benzene rings is 1. The van der Waals surface area contributed by atoms with Gasteiger partial charge >= 0.3 is 6.18 Å². The Labute approximate surface area is 199 Å². The van der Waals surface area contributed by atoms with Gasteiger partial charge in [0.25, 0.3) is 5.91 Å². The molecule has 0 radical (unpaired) electrons. The number of carbonyl (C=O) groups excluding carboxylic acids is 1. The summed E-state index contributed by atoms with van der Waals surface area (Å²) in [6.07, 6.45) is -0.184. The van der Waals surface area contributed by atoms with Gasteiger partial charge in [-0.05, 0) is 37.3 Å². The molecule has 4 aromatic rings. The molecule has 1 amide bonds. The van der Waals surface area contributed by atoms with Gasteiger partial charge < -0.3 is 14.6 Å². The summed E-state index contributed by atoms with van der Waals surface area (Å²) in [4.78, 5) is 25.6. The number of para-hydroxylation sites is 1. The van der Waals surface area contributed by atoms with Crippen LogP contribution < -0.4 is 15.1 Å². The number of anilines is 3. The van der Waals surface area contributed by atoms with Crippen LogP contribution >= 0.6 is 0 Å². The highest BCUT2D eigenvalue weighted by Gasteiger charge is 2.36. The van der Waals surface area contributed by atoms with Crippen molar-refractivity contribution < 1.29 is 18.0 Å². The van der Waals surface area contributed by atoms with Crippen LogP contribution in [0.25, 0.3) is 5.65 Å². The molecule has 4 heterocycles. The molecule has 0 spiro atoms. The second kappa shape index (κ2) is 9.03. The second-order valence-electron chi connectivity index (χ2n) is 8.34. The number of halogens is 3. The summed E-state index contributed by atoms with van der Waals surface area (Å²) >= 11 is 0. The first-order valence-corrected chi connectivity index (χ1v) is 11.2. The lowest BCUT2D eigenvalue weighted by atomic mass is 10.1. The minimum Gasteiger partial charge on any atom is -0.354 e. The van der Waals surface area contributed by atoms with Gasteiger partial charge in [-0.2, -0.15) is 13.2 Å². The van der Waals surface area contributed by atoms with Crippen LogP contribution in [0.1, 0.15) is 21.6 Å². The molecular weight excluding hydrogens is 457 g/mol. The highest BCUT2D eigenvalue weighted by atomic mass is 19.4. The Morgan fingerprint density at radius 3 is 2.43 bits per heavy atom. The Bertz CT molecular complexity index is 1350. The normalized spacial score (nSPS) is 14.3. The molecule has 10 heteroatoms. The Kier molecular flexibility index (Phi) is 5.89. The van der Waals surface area contributed by atoms with Gasteiger partial charge in [0.15, 0.2) is 0 Å². The van der Waals surface area contributed by atoms with Gasteiger partial charge in [-0.15, -0.1) is 0 Å². The Morgan fingerprint density at radius 2 is 1.77 bits per heavy atom. The zero-order chi connectivity index (χ0) is 24.6. The fraction of sp³-hybridized carbons (Fsp3) is 0.240. The molecular formula is C25H23F3N6O. The smallest absolute Gasteiger partial charge is 0.354 e. The number of fused-ring (bicyclic) bond motifs is 1. The average molecular weight is 480 g/mol. The van der Waals surface area contributed by atoms with Crippen LogP contribution in [0.4, 0.5) is 30.4 Å². The first kappa shape index (κ1) is 22.9. The minimum absolute atomic E-state index is 0.0737. The predicted molar refractivity (Wildman–Crippen MR) is 127 cm³/mol. The van der Waals surface area contributed by atoms with E-state index in [1.54, 1.807) is 49.4 Å². The van der Waals surface area contributed by atoms with E-state index in [9.17, 15) is 18.0 Å². The highest BCUT2D eigenvalue weighted by Crippen LogP contribution is 2.37. The van der Waals surface area contributed by atoms with Crippen molar-refractivity contribution in [2.45, 2.75) is 13.1 Å². The molecule has 0 atom stereocenters. The van der Waals surface area contributed by atoms with Crippen LogP contribution in [-0.4, -0.2) is 46.5 Å². The van der Waals surface area contributed by atoms with Crippen LogP contribution in [0.2, 0.25) is 0 Å². The molecule has 0 unspecified atom stereocenters. The Hall–Kier alpha value is -3.92. The lowest BCUT2D eigenvalue weighted by Gasteiger charge is -2.28. The Morgan fingerprint density at radius 1 is 1.03 bits per heavy atom. The van der Waals surface area contributed by atoms with E-state index in [-0.39, 0.29) is 16.9 Å². The number of aromatic nitrogens is 3. The fourth-order valence-electron chi connectivity index (χ4n) is 4.22. The van der Waals surface area contributed by atoms with Crippen LogP contribution in [0.3, 0.4) is 0 Å². The van der Waals surface area contributed by atoms with E-state index < -0.39 is 17.6 Å². The number of rotatable bonds is 4. The van der Waals surface area contributed by atoms with Crippen molar-refractivity contribution in [3.63, 3.8) is 0 Å². The Balaban J connectivity index is 1.59. The standard InChI is InChI=1S/C25H23F3N6O/c1-17-15-33-16-20(13-21(23(33)31-17)25(26,27)28)34(19-5-3-2-4-6-19)24(35)18-7-8-22(30-14-18)32-11-9-29-10-12-32/h2-8,13-16,29H,9-12H2,1H3. The molecule has 1 fully saturated rings. The number of pyridine rings is 2. The van der Waals surface area contributed by atoms with Crippen molar-refractivity contribution in [2.24, 2.45) is 0 Å². The molecule has 1 aliphatic rings. The van der Waals surface area contributed by atoms with Gasteiger partial charge in [0, 0.05) is 50.5 Å². The molecule has 1 N–H and O–H groups in total. The van der Waals surface area contributed by atoms with E-state index in [0.29, 0.717) is 11.4 Å². The first-order valence-electron chi connectivity index (χ1n) is 11.2. The summed E-state index contributed by atoms with van der Waals surface area (Å²) in [5.74, 6) is 0.267. The maximum atomic E-state index is 13.9. The number of piperazine rings is 1. The van der Waals surface area contributed by atoms with E-state index in [1.807, 2.05) is 0 Å². The molecule has 3 aromatic heterocycles. The second-order valence-corrected chi connectivity index (χ2v) is 8.34. The average Bonchev–Trinajstić information content (AvgIpc) is 3.24. The van der Waals surface area contributed by atoms with Gasteiger partial charge in [-0.25, -0.2) is 9.97 Å². The molecule has 7 nitrogen and oxygen atoms in total. The molecule has 1 aromatic carbocycles. The zero-order valence-electron chi connectivity index (χ0n) is 19.0. The quantitative estimate of drug-likeness (QED) is 0.468. The summed E-state index contributed by atoms with van der Waals surface area (Å²) in [6, 6.07) is 13.0. The van der Waals surface area contributed by atoms with Gasteiger partial charge in [0.1, 0.15) is 17.0 Å². The molecule has 0 bridgehead atoms. The molecule has 180 valence electrons. The molecule has 1 saturated heterocycles. The predicted octanol–water partition coefficient (Wildman–Crippen LogP) is 4.44. The summed E-state index contributed by atoms with van der Waals surface area (Å²) in [7, 11) is 0. The molecule has 35 heavy (non-hydrogen) atoms. The van der Waals surface area contributed by atoms with Gasteiger partial charge in [0.05, 0.1) is 16.9 Å². The number of hydrogen-bond acceptors (Lipinski definition) is 5. The van der Waals surface area contributed by atoms with Gasteiger partial charge in [-0.1, -0.05) is 18.2 Å². The number of imidazole rings is 1. The van der Waals surface area contributed by atoms with Gasteiger partial charge in [0.2, 0.25) is 0 Å². The summed E-state index contributed by atoms with van der Waals surface area (Å²) < 4.78 is 43.1. The van der Waals surface area contributed by atoms with Crippen molar-refractivity contribution in [2.75, 3.05) is 36.0 Å². The van der Waals surface area contributed by atoms with E-state index >= 15 is 0 Å². The third-order valence-electron chi connectivity index (χ3n) is 5.87. The van der Waals surface area contributed by atoms with Crippen molar-refractivity contribution in [1.82, 2.24) is 19.7 Å². The van der Waals surface area contributed by atoms with Crippen molar-refractivity contribution in [3.05, 3.63) is 83.9 Å². The van der Waals surface area contributed by atoms with Crippen molar-refractivity contribution in [3.8, 4) is 0 Å². The molecule has 0 saturated carbocycles. The molecule has 0 aliphatic carbocycles. The third kappa shape index (κ3) is 4.57. The lowest BCUT2D eigenvalue weighted by Crippen LogP contribution is -2.43. The number of alkyl halides is 3. The van der Waals surface area contributed by atoms with Crippen LogP contribution in [0, 0.1) is 6.92 Å². The first-order chi connectivity index (χ1) is 16.8. The van der Waals surface area contributed by atoms with Crippen LogP contribution in [0.5, 0.6) is 0 Å². The maximum absolute atomic E-state index is 13.9. The monoisotopic (exact) mass is 480 g/mol. The summed E-state index contributed by atoms with van der Waals surface area (Å²) in [5.41, 5.74) is 0.101. The van der Waals surface area contributed by atoms with Crippen molar-refractivity contribution >= 4 is 28.7 Å². The topological polar surface area (TPSA) is 65.8 Å². The zero-order valence-corrected chi connectivity index (χ0v) is 19.0. The van der Waals surface area contributed by atoms with Crippen molar-refractivity contribution in [1.29, 1.82) is 0 Å². The van der Waals surface area contributed by atoms with E-state index in [0.717, 1.165) is 38.1 Å². The number of carbonyl (C=O) groups is 1.